The van der Waals surface area contributed by atoms with Crippen molar-refractivity contribution in [1.29, 1.82) is 0 Å². The number of likely N-dealkylation sites (tertiary alicyclic amines) is 1. The second kappa shape index (κ2) is 6.20. The summed E-state index contributed by atoms with van der Waals surface area (Å²) in [4.78, 5) is 28.4. The van der Waals surface area contributed by atoms with Gasteiger partial charge in [-0.15, -0.1) is 0 Å². The van der Waals surface area contributed by atoms with Crippen LogP contribution in [-0.4, -0.2) is 36.3 Å². The highest BCUT2D eigenvalue weighted by molar-refractivity contribution is 5.97. The van der Waals surface area contributed by atoms with Crippen LogP contribution in [-0.2, 0) is 4.79 Å². The highest BCUT2D eigenvalue weighted by atomic mass is 19.1. The van der Waals surface area contributed by atoms with E-state index in [9.17, 15) is 18.4 Å². The Hall–Kier alpha value is -2.76. The number of carbonyl (C=O) groups excluding carboxylic acids is 2. The number of hydrogen-bond acceptors (Lipinski definition) is 2. The molecule has 1 atom stereocenters. The Kier molecular flexibility index (Phi) is 3.98. The zero-order chi connectivity index (χ0) is 18.3. The van der Waals surface area contributed by atoms with E-state index in [4.69, 9.17) is 0 Å². The number of nitrogens with zero attached hydrogens (tertiary/aromatic N) is 2. The van der Waals surface area contributed by atoms with Gasteiger partial charge in [-0.25, -0.2) is 8.78 Å². The van der Waals surface area contributed by atoms with Crippen molar-refractivity contribution in [3.8, 4) is 0 Å². The Balaban J connectivity index is 1.50. The summed E-state index contributed by atoms with van der Waals surface area (Å²) in [5.74, 6) is -0.965. The minimum absolute atomic E-state index is 0.0494. The van der Waals surface area contributed by atoms with E-state index in [1.54, 1.807) is 21.9 Å². The second-order valence-electron chi connectivity index (χ2n) is 7.12. The quantitative estimate of drug-likeness (QED) is 0.829. The van der Waals surface area contributed by atoms with Gasteiger partial charge in [0.2, 0.25) is 5.91 Å². The number of halogens is 2. The third-order valence-electron chi connectivity index (χ3n) is 5.26. The Morgan fingerprint density at radius 1 is 1.00 bits per heavy atom. The zero-order valence-corrected chi connectivity index (χ0v) is 14.1. The van der Waals surface area contributed by atoms with Crippen molar-refractivity contribution in [3.63, 3.8) is 0 Å². The fraction of sp³-hybridized carbons (Fsp3) is 0.300. The summed E-state index contributed by atoms with van der Waals surface area (Å²) in [5, 5.41) is 0. The minimum Gasteiger partial charge on any atom is -0.338 e. The van der Waals surface area contributed by atoms with Crippen molar-refractivity contribution in [1.82, 2.24) is 4.90 Å². The van der Waals surface area contributed by atoms with Crippen LogP contribution in [0.1, 0.15) is 23.2 Å². The minimum atomic E-state index is -0.383. The largest absolute Gasteiger partial charge is 0.338 e. The van der Waals surface area contributed by atoms with E-state index < -0.39 is 0 Å². The van der Waals surface area contributed by atoms with Crippen molar-refractivity contribution in [2.45, 2.75) is 12.8 Å². The fourth-order valence-electron chi connectivity index (χ4n) is 3.93. The van der Waals surface area contributed by atoms with E-state index >= 15 is 0 Å². The molecule has 2 aromatic carbocycles. The van der Waals surface area contributed by atoms with Crippen molar-refractivity contribution in [2.75, 3.05) is 24.5 Å². The van der Waals surface area contributed by atoms with Crippen LogP contribution in [0.3, 0.4) is 0 Å². The van der Waals surface area contributed by atoms with Gasteiger partial charge in [0.1, 0.15) is 11.6 Å². The number of benzene rings is 2. The maximum Gasteiger partial charge on any atom is 0.253 e. The molecule has 0 aliphatic carbocycles. The van der Waals surface area contributed by atoms with Gasteiger partial charge in [-0.05, 0) is 48.9 Å². The predicted molar refractivity (Wildman–Crippen MR) is 92.7 cm³/mol. The monoisotopic (exact) mass is 356 g/mol. The number of amides is 2. The van der Waals surface area contributed by atoms with E-state index in [0.717, 1.165) is 6.42 Å². The highest BCUT2D eigenvalue weighted by Gasteiger charge is 2.48. The van der Waals surface area contributed by atoms with Crippen molar-refractivity contribution in [2.24, 2.45) is 5.41 Å². The summed E-state index contributed by atoms with van der Waals surface area (Å²) in [5.41, 5.74) is 0.684. The molecule has 2 fully saturated rings. The van der Waals surface area contributed by atoms with Gasteiger partial charge in [0.15, 0.2) is 0 Å². The van der Waals surface area contributed by atoms with Crippen LogP contribution in [0, 0.1) is 17.0 Å². The molecule has 2 amide bonds. The lowest BCUT2D eigenvalue weighted by Crippen LogP contribution is -2.34. The first kappa shape index (κ1) is 16.7. The Morgan fingerprint density at radius 3 is 2.50 bits per heavy atom. The molecular weight excluding hydrogens is 338 g/mol. The predicted octanol–water partition coefficient (Wildman–Crippen LogP) is 3.23. The molecule has 2 aromatic rings. The number of rotatable bonds is 2. The molecule has 2 aliphatic heterocycles. The smallest absolute Gasteiger partial charge is 0.253 e. The molecule has 1 spiro atoms. The molecule has 0 aromatic heterocycles. The molecule has 0 bridgehead atoms. The Morgan fingerprint density at radius 2 is 1.77 bits per heavy atom. The van der Waals surface area contributed by atoms with Crippen LogP contribution < -0.4 is 4.90 Å². The molecule has 2 saturated heterocycles. The lowest BCUT2D eigenvalue weighted by Gasteiger charge is -2.24. The Bertz CT molecular complexity index is 868. The SMILES string of the molecule is O=C(c1ccc(F)cc1)N1CCC2(CC(=O)N(c3cccc(F)c3)C2)C1. The average molecular weight is 356 g/mol. The van der Waals surface area contributed by atoms with Crippen LogP contribution in [0.5, 0.6) is 0 Å². The van der Waals surface area contributed by atoms with Crippen molar-refractivity contribution >= 4 is 17.5 Å². The molecule has 2 aliphatic rings. The van der Waals surface area contributed by atoms with Crippen molar-refractivity contribution in [3.05, 3.63) is 65.7 Å². The summed E-state index contributed by atoms with van der Waals surface area (Å²) >= 11 is 0. The molecule has 6 heteroatoms. The first-order valence-corrected chi connectivity index (χ1v) is 8.57. The standard InChI is InChI=1S/C20H18F2N2O2/c21-15-6-4-14(5-7-15)19(26)23-9-8-20(12-23)11-18(25)24(13-20)17-3-1-2-16(22)10-17/h1-7,10H,8-9,11-13H2. The van der Waals surface area contributed by atoms with E-state index in [1.807, 2.05) is 0 Å². The molecule has 4 rings (SSSR count). The van der Waals surface area contributed by atoms with Crippen LogP contribution in [0.25, 0.3) is 0 Å². The molecule has 0 N–H and O–H groups in total. The topological polar surface area (TPSA) is 40.6 Å². The number of anilines is 1. The molecule has 0 radical (unpaired) electrons. The van der Waals surface area contributed by atoms with Gasteiger partial charge in [0.05, 0.1) is 0 Å². The molecule has 2 heterocycles. The normalized spacial score (nSPS) is 22.5. The van der Waals surface area contributed by atoms with Gasteiger partial charge >= 0.3 is 0 Å². The van der Waals surface area contributed by atoms with Crippen molar-refractivity contribution < 1.29 is 18.4 Å². The van der Waals surface area contributed by atoms with Gasteiger partial charge in [-0.2, -0.15) is 0 Å². The van der Waals surface area contributed by atoms with Crippen LogP contribution in [0.4, 0.5) is 14.5 Å². The third-order valence-corrected chi connectivity index (χ3v) is 5.26. The maximum absolute atomic E-state index is 13.5. The van der Waals surface area contributed by atoms with Gasteiger partial charge in [0.25, 0.3) is 5.91 Å². The van der Waals surface area contributed by atoms with Crippen LogP contribution in [0.15, 0.2) is 48.5 Å². The van der Waals surface area contributed by atoms with Gasteiger partial charge in [0, 0.05) is 42.7 Å². The lowest BCUT2D eigenvalue weighted by atomic mass is 9.86. The molecular formula is C20H18F2N2O2. The molecule has 4 nitrogen and oxygen atoms in total. The summed E-state index contributed by atoms with van der Waals surface area (Å²) in [6.07, 6.45) is 1.06. The zero-order valence-electron chi connectivity index (χ0n) is 14.1. The van der Waals surface area contributed by atoms with Crippen LogP contribution >= 0.6 is 0 Å². The average Bonchev–Trinajstić information content (AvgIpc) is 3.18. The summed E-state index contributed by atoms with van der Waals surface area (Å²) < 4.78 is 26.5. The van der Waals surface area contributed by atoms with E-state index in [-0.39, 0.29) is 28.9 Å². The first-order chi connectivity index (χ1) is 12.5. The fourth-order valence-corrected chi connectivity index (χ4v) is 3.93. The van der Waals surface area contributed by atoms with E-state index in [2.05, 4.69) is 0 Å². The summed E-state index contributed by atoms with van der Waals surface area (Å²) in [6.45, 7) is 1.50. The Labute approximate surface area is 150 Å². The van der Waals surface area contributed by atoms with Gasteiger partial charge in [-0.3, -0.25) is 9.59 Å². The first-order valence-electron chi connectivity index (χ1n) is 8.57. The van der Waals surface area contributed by atoms with Gasteiger partial charge < -0.3 is 9.80 Å². The third kappa shape index (κ3) is 2.96. The van der Waals surface area contributed by atoms with E-state index in [1.165, 1.54) is 36.4 Å². The van der Waals surface area contributed by atoms with Gasteiger partial charge in [-0.1, -0.05) is 6.07 Å². The molecule has 134 valence electrons. The summed E-state index contributed by atoms with van der Waals surface area (Å²) in [6, 6.07) is 11.5. The number of hydrogen-bond donors (Lipinski definition) is 0. The van der Waals surface area contributed by atoms with E-state index in [0.29, 0.717) is 37.3 Å². The summed E-state index contributed by atoms with van der Waals surface area (Å²) in [7, 11) is 0. The molecule has 0 saturated carbocycles. The van der Waals surface area contributed by atoms with Crippen LogP contribution in [0.2, 0.25) is 0 Å². The second-order valence-corrected chi connectivity index (χ2v) is 7.12. The number of carbonyl (C=O) groups is 2. The lowest BCUT2D eigenvalue weighted by molar-refractivity contribution is -0.117. The maximum atomic E-state index is 13.5. The molecule has 26 heavy (non-hydrogen) atoms. The highest BCUT2D eigenvalue weighted by Crippen LogP contribution is 2.42. The molecule has 1 unspecified atom stereocenters.